The predicted molar refractivity (Wildman–Crippen MR) is 92.4 cm³/mol. The Morgan fingerprint density at radius 3 is 2.70 bits per heavy atom. The molecule has 1 heterocycles. The third kappa shape index (κ3) is 3.95. The van der Waals surface area contributed by atoms with Gasteiger partial charge in [0.1, 0.15) is 0 Å². The van der Waals surface area contributed by atoms with Crippen LogP contribution >= 0.6 is 0 Å². The van der Waals surface area contributed by atoms with E-state index in [-0.39, 0.29) is 5.92 Å². The minimum Gasteiger partial charge on any atom is -0.382 e. The number of aryl methyl sites for hydroxylation is 1. The molecule has 0 spiro atoms. The summed E-state index contributed by atoms with van der Waals surface area (Å²) in [6.45, 7) is 7.74. The molecule has 1 saturated carbocycles. The molecular formula is C20H29NO2. The first-order valence-electron chi connectivity index (χ1n) is 9.12. The molecule has 1 saturated heterocycles. The SMILES string of the molecule is CCOCCC1CCN(C(=O)[C@@H]2C[C@H]2c2ccccc2C)CC1. The van der Waals surface area contributed by atoms with E-state index < -0.39 is 0 Å². The van der Waals surface area contributed by atoms with Crippen molar-refractivity contribution < 1.29 is 9.53 Å². The summed E-state index contributed by atoms with van der Waals surface area (Å²) in [5.41, 5.74) is 2.69. The zero-order valence-electron chi connectivity index (χ0n) is 14.5. The molecule has 3 rings (SSSR count). The molecule has 1 amide bonds. The van der Waals surface area contributed by atoms with Crippen LogP contribution in [-0.2, 0) is 9.53 Å². The zero-order chi connectivity index (χ0) is 16.2. The lowest BCUT2D eigenvalue weighted by molar-refractivity contribution is -0.134. The lowest BCUT2D eigenvalue weighted by Gasteiger charge is -2.32. The van der Waals surface area contributed by atoms with Crippen LogP contribution in [0.4, 0.5) is 0 Å². The molecule has 0 unspecified atom stereocenters. The molecule has 23 heavy (non-hydrogen) atoms. The second-order valence-corrected chi connectivity index (χ2v) is 7.06. The largest absolute Gasteiger partial charge is 0.382 e. The van der Waals surface area contributed by atoms with Crippen LogP contribution in [0, 0.1) is 18.8 Å². The van der Waals surface area contributed by atoms with Gasteiger partial charge in [0, 0.05) is 32.2 Å². The van der Waals surface area contributed by atoms with Crippen LogP contribution < -0.4 is 0 Å². The minimum atomic E-state index is 0.232. The van der Waals surface area contributed by atoms with Crippen molar-refractivity contribution in [2.24, 2.45) is 11.8 Å². The Bertz CT molecular complexity index is 534. The maximum Gasteiger partial charge on any atom is 0.226 e. The van der Waals surface area contributed by atoms with Crippen molar-refractivity contribution in [3.8, 4) is 0 Å². The quantitative estimate of drug-likeness (QED) is 0.748. The maximum absolute atomic E-state index is 12.7. The van der Waals surface area contributed by atoms with Gasteiger partial charge in [-0.15, -0.1) is 0 Å². The fraction of sp³-hybridized carbons (Fsp3) is 0.650. The van der Waals surface area contributed by atoms with Crippen molar-refractivity contribution in [2.75, 3.05) is 26.3 Å². The molecule has 1 aliphatic heterocycles. The van der Waals surface area contributed by atoms with Gasteiger partial charge in [0.2, 0.25) is 5.91 Å². The van der Waals surface area contributed by atoms with E-state index >= 15 is 0 Å². The lowest BCUT2D eigenvalue weighted by atomic mass is 9.93. The summed E-state index contributed by atoms with van der Waals surface area (Å²) in [5, 5.41) is 0. The molecule has 0 N–H and O–H groups in total. The van der Waals surface area contributed by atoms with E-state index in [0.29, 0.717) is 11.8 Å². The summed E-state index contributed by atoms with van der Waals surface area (Å²) in [5.74, 6) is 1.81. The van der Waals surface area contributed by atoms with Crippen molar-refractivity contribution in [1.29, 1.82) is 0 Å². The summed E-state index contributed by atoms with van der Waals surface area (Å²) in [4.78, 5) is 14.8. The smallest absolute Gasteiger partial charge is 0.226 e. The number of hydrogen-bond donors (Lipinski definition) is 0. The van der Waals surface area contributed by atoms with Gasteiger partial charge in [-0.25, -0.2) is 0 Å². The fourth-order valence-corrected chi connectivity index (χ4v) is 3.89. The minimum absolute atomic E-state index is 0.232. The van der Waals surface area contributed by atoms with E-state index in [1.807, 2.05) is 6.92 Å². The Labute approximate surface area is 140 Å². The average Bonchev–Trinajstić information content (AvgIpc) is 3.36. The Kier molecular flexibility index (Phi) is 5.37. The van der Waals surface area contributed by atoms with Crippen molar-refractivity contribution in [3.05, 3.63) is 35.4 Å². The number of nitrogens with zero attached hydrogens (tertiary/aromatic N) is 1. The predicted octanol–water partition coefficient (Wildman–Crippen LogP) is 3.76. The standard InChI is InChI=1S/C20H29NO2/c1-3-23-13-10-16-8-11-21(12-9-16)20(22)19-14-18(19)17-7-5-4-6-15(17)2/h4-7,16,18-19H,3,8-14H2,1-2H3/t18-,19+/m0/s1. The normalized spacial score (nSPS) is 24.7. The molecular weight excluding hydrogens is 286 g/mol. The highest BCUT2D eigenvalue weighted by molar-refractivity contribution is 5.83. The Hall–Kier alpha value is -1.35. The van der Waals surface area contributed by atoms with Crippen LogP contribution in [0.15, 0.2) is 24.3 Å². The van der Waals surface area contributed by atoms with Crippen molar-refractivity contribution in [3.63, 3.8) is 0 Å². The molecule has 3 nitrogen and oxygen atoms in total. The second-order valence-electron chi connectivity index (χ2n) is 7.06. The van der Waals surface area contributed by atoms with E-state index in [1.54, 1.807) is 0 Å². The molecule has 2 aliphatic rings. The van der Waals surface area contributed by atoms with Gasteiger partial charge in [0.15, 0.2) is 0 Å². The third-order valence-electron chi connectivity index (χ3n) is 5.50. The Balaban J connectivity index is 1.47. The maximum atomic E-state index is 12.7. The Morgan fingerprint density at radius 2 is 2.00 bits per heavy atom. The Morgan fingerprint density at radius 1 is 1.26 bits per heavy atom. The molecule has 2 fully saturated rings. The van der Waals surface area contributed by atoms with Crippen LogP contribution in [-0.4, -0.2) is 37.1 Å². The van der Waals surface area contributed by atoms with E-state index in [9.17, 15) is 4.79 Å². The van der Waals surface area contributed by atoms with Crippen LogP contribution in [0.3, 0.4) is 0 Å². The molecule has 3 heteroatoms. The molecule has 0 bridgehead atoms. The number of benzene rings is 1. The number of likely N-dealkylation sites (tertiary alicyclic amines) is 1. The van der Waals surface area contributed by atoms with Crippen LogP contribution in [0.2, 0.25) is 0 Å². The fourth-order valence-electron chi connectivity index (χ4n) is 3.89. The number of amides is 1. The number of hydrogen-bond acceptors (Lipinski definition) is 2. The van der Waals surface area contributed by atoms with Crippen molar-refractivity contribution in [1.82, 2.24) is 4.90 Å². The highest BCUT2D eigenvalue weighted by Crippen LogP contribution is 2.49. The monoisotopic (exact) mass is 315 g/mol. The first-order chi connectivity index (χ1) is 11.2. The third-order valence-corrected chi connectivity index (χ3v) is 5.50. The van der Waals surface area contributed by atoms with Gasteiger partial charge in [0.05, 0.1) is 0 Å². The van der Waals surface area contributed by atoms with Gasteiger partial charge in [0.25, 0.3) is 0 Å². The highest BCUT2D eigenvalue weighted by Gasteiger charge is 2.46. The van der Waals surface area contributed by atoms with E-state index in [4.69, 9.17) is 4.74 Å². The summed E-state index contributed by atoms with van der Waals surface area (Å²) < 4.78 is 5.45. The van der Waals surface area contributed by atoms with Gasteiger partial charge < -0.3 is 9.64 Å². The van der Waals surface area contributed by atoms with E-state index in [0.717, 1.165) is 57.9 Å². The number of rotatable bonds is 6. The molecule has 126 valence electrons. The summed E-state index contributed by atoms with van der Waals surface area (Å²) in [6.07, 6.45) is 4.46. The van der Waals surface area contributed by atoms with E-state index in [1.165, 1.54) is 11.1 Å². The van der Waals surface area contributed by atoms with E-state index in [2.05, 4.69) is 36.1 Å². The first-order valence-corrected chi connectivity index (χ1v) is 9.12. The summed E-state index contributed by atoms with van der Waals surface area (Å²) >= 11 is 0. The van der Waals surface area contributed by atoms with Gasteiger partial charge in [-0.3, -0.25) is 4.79 Å². The average molecular weight is 315 g/mol. The summed E-state index contributed by atoms with van der Waals surface area (Å²) in [7, 11) is 0. The molecule has 1 aromatic carbocycles. The number of carbonyl (C=O) groups excluding carboxylic acids is 1. The molecule has 2 atom stereocenters. The molecule has 0 aromatic heterocycles. The van der Waals surface area contributed by atoms with Gasteiger partial charge in [-0.2, -0.15) is 0 Å². The lowest BCUT2D eigenvalue weighted by Crippen LogP contribution is -2.39. The van der Waals surface area contributed by atoms with Gasteiger partial charge in [-0.05, 0) is 62.5 Å². The molecule has 0 radical (unpaired) electrons. The topological polar surface area (TPSA) is 29.5 Å². The van der Waals surface area contributed by atoms with Gasteiger partial charge >= 0.3 is 0 Å². The number of piperidine rings is 1. The first kappa shape index (κ1) is 16.5. The number of ether oxygens (including phenoxy) is 1. The second kappa shape index (κ2) is 7.48. The van der Waals surface area contributed by atoms with Crippen molar-refractivity contribution in [2.45, 2.75) is 45.4 Å². The van der Waals surface area contributed by atoms with Gasteiger partial charge in [-0.1, -0.05) is 24.3 Å². The van der Waals surface area contributed by atoms with Crippen LogP contribution in [0.5, 0.6) is 0 Å². The highest BCUT2D eigenvalue weighted by atomic mass is 16.5. The van der Waals surface area contributed by atoms with Crippen LogP contribution in [0.1, 0.15) is 49.7 Å². The van der Waals surface area contributed by atoms with Crippen LogP contribution in [0.25, 0.3) is 0 Å². The molecule has 1 aliphatic carbocycles. The zero-order valence-corrected chi connectivity index (χ0v) is 14.5. The summed E-state index contributed by atoms with van der Waals surface area (Å²) in [6, 6.07) is 8.50. The number of carbonyl (C=O) groups is 1. The van der Waals surface area contributed by atoms with Crippen molar-refractivity contribution >= 4 is 5.91 Å². The molecule has 1 aromatic rings.